The maximum absolute atomic E-state index is 8.00. The zero-order valence-corrected chi connectivity index (χ0v) is 60.0. The Morgan fingerprint density at radius 1 is 0.237 bits per heavy atom. The van der Waals surface area contributed by atoms with Gasteiger partial charge >= 0.3 is 0 Å². The molecule has 0 fully saturated rings. The van der Waals surface area contributed by atoms with Crippen LogP contribution in [0.5, 0.6) is 0 Å². The van der Waals surface area contributed by atoms with Gasteiger partial charge in [0.1, 0.15) is 74.7 Å². The van der Waals surface area contributed by atoms with E-state index in [4.69, 9.17) is 57.8 Å². The van der Waals surface area contributed by atoms with Gasteiger partial charge in [-0.15, -0.1) is 0 Å². The maximum Gasteiger partial charge on any atom is 0.106 e. The van der Waals surface area contributed by atoms with E-state index >= 15 is 0 Å². The molecule has 0 aromatic carbocycles. The van der Waals surface area contributed by atoms with E-state index in [2.05, 4.69) is 180 Å². The molecule has 0 aliphatic rings. The lowest BCUT2D eigenvalue weighted by Crippen LogP contribution is -1.77. The largest absolute Gasteiger partial charge is 0.397 e. The number of carbonyl (C=O) groups is 11. The highest BCUT2D eigenvalue weighted by atomic mass is 16.2. The average molecular weight is 1200 g/mol. The smallest absolute Gasteiger partial charge is 0.106 e. The SMILES string of the molecule is C.C=O.C=O.C=O.C=O.C=O.C=O.C=O.C=O.C=O.C=O.C=O.CC.CC.CC(C)C.CC(C)C.CCC(C)C.CCC(C)C.CCC(C)C.CCC(C)C.CCC(C)C.CCO.CN.CN.CN.CN.CN.CN.N.N.N.N.N. The van der Waals surface area contributed by atoms with Crippen LogP contribution in [-0.2, 0) is 52.7 Å². The van der Waals surface area contributed by atoms with E-state index in [1.165, 1.54) is 74.4 Å². The number of nitrogens with two attached hydrogens (primary N) is 6. The Morgan fingerprint density at radius 3 is 0.250 bits per heavy atom. The number of hydrogen-bond acceptors (Lipinski definition) is 23. The molecule has 23 heteroatoms. The van der Waals surface area contributed by atoms with Gasteiger partial charge in [0.2, 0.25) is 0 Å². The molecule has 0 aromatic rings. The number of hydrogen-bond donors (Lipinski definition) is 12. The van der Waals surface area contributed by atoms with Crippen molar-refractivity contribution in [1.29, 1.82) is 0 Å². The predicted octanol–water partition coefficient (Wildman–Crippen LogP) is 12.5. The van der Waals surface area contributed by atoms with Gasteiger partial charge in [-0.05, 0) is 90.6 Å². The minimum Gasteiger partial charge on any atom is -0.397 e. The predicted molar refractivity (Wildman–Crippen MR) is 373 cm³/mol. The van der Waals surface area contributed by atoms with Gasteiger partial charge < -0.3 is 123 Å². The first kappa shape index (κ1) is 231. The lowest BCUT2D eigenvalue weighted by atomic mass is 10.2. The highest BCUT2D eigenvalue weighted by Crippen LogP contribution is 1.95. The normalized spacial score (nSPS) is 5.28. The van der Waals surface area contributed by atoms with Crippen molar-refractivity contribution < 1.29 is 57.8 Å². The molecule has 0 aliphatic carbocycles. The van der Waals surface area contributed by atoms with Crippen LogP contribution >= 0.6 is 0 Å². The van der Waals surface area contributed by atoms with Crippen LogP contribution in [0.1, 0.15) is 220 Å². The third-order valence-corrected chi connectivity index (χ3v) is 4.08. The Kier molecular flexibility index (Phi) is 2260. The van der Waals surface area contributed by atoms with Crippen LogP contribution in [0.15, 0.2) is 0 Å². The number of aliphatic hydroxyl groups is 1. The van der Waals surface area contributed by atoms with Crippen LogP contribution in [0.25, 0.3) is 0 Å². The molecule has 0 heterocycles. The Hall–Kier alpha value is -4.11. The lowest BCUT2D eigenvalue weighted by Gasteiger charge is -1.90. The Balaban J connectivity index is -0.00000000933. The van der Waals surface area contributed by atoms with Crippen LogP contribution in [0.4, 0.5) is 0 Å². The summed E-state index contributed by atoms with van der Waals surface area (Å²) >= 11 is 0. The molecule has 80 heavy (non-hydrogen) atoms. The van der Waals surface area contributed by atoms with Crippen molar-refractivity contribution in [3.8, 4) is 0 Å². The molecule has 0 rings (SSSR count). The van der Waals surface area contributed by atoms with Crippen molar-refractivity contribution in [2.45, 2.75) is 220 Å². The second kappa shape index (κ2) is 780. The van der Waals surface area contributed by atoms with Crippen molar-refractivity contribution in [3.63, 3.8) is 0 Å². The van der Waals surface area contributed by atoms with Crippen molar-refractivity contribution in [1.82, 2.24) is 30.8 Å². The van der Waals surface area contributed by atoms with E-state index in [0.717, 1.165) is 41.4 Å². The van der Waals surface area contributed by atoms with Gasteiger partial charge in [-0.1, -0.05) is 213 Å². The summed E-state index contributed by atoms with van der Waals surface area (Å²) in [7, 11) is 9.00. The second-order valence-corrected chi connectivity index (χ2v) is 12.8. The minimum atomic E-state index is 0. The first-order chi connectivity index (χ1) is 35.2. The Morgan fingerprint density at radius 2 is 0.250 bits per heavy atom. The number of carbonyl (C=O) groups excluding carboxylic acids is 11. The molecule has 0 amide bonds. The fourth-order valence-corrected chi connectivity index (χ4v) is 0. The Bertz CT molecular complexity index is 381. The molecule has 0 unspecified atom stereocenters. The monoisotopic (exact) mass is 1200 g/mol. The number of aliphatic hydroxyl groups excluding tert-OH is 1. The van der Waals surface area contributed by atoms with Gasteiger partial charge in [0.05, 0.1) is 0 Å². The van der Waals surface area contributed by atoms with Crippen LogP contribution in [0, 0.1) is 41.4 Å². The van der Waals surface area contributed by atoms with E-state index in [1.807, 2.05) is 102 Å². The molecule has 0 radical (unpaired) electrons. The molecule has 524 valence electrons. The topological polar surface area (TPSA) is 539 Å². The van der Waals surface area contributed by atoms with Crippen molar-refractivity contribution in [3.05, 3.63) is 0 Å². The minimum absolute atomic E-state index is 0. The summed E-state index contributed by atoms with van der Waals surface area (Å²) in [5.74, 6) is 6.09. The van der Waals surface area contributed by atoms with E-state index in [0.29, 0.717) is 0 Å². The summed E-state index contributed by atoms with van der Waals surface area (Å²) in [5.41, 5.74) is 27.0. The molecule has 0 aliphatic heterocycles. The molecule has 28 N–H and O–H groups in total. The number of rotatable bonds is 5. The summed E-state index contributed by atoms with van der Waals surface area (Å²) < 4.78 is 0. The molecule has 0 atom stereocenters. The van der Waals surface area contributed by atoms with Gasteiger partial charge in [0.25, 0.3) is 0 Å². The average Bonchev–Trinajstić information content (AvgIpc) is 3.49. The molecule has 0 aromatic heterocycles. The highest BCUT2D eigenvalue weighted by molar-refractivity contribution is 5.12. The Labute approximate surface area is 506 Å². The first-order valence-electron chi connectivity index (χ1n) is 24.5. The van der Waals surface area contributed by atoms with Crippen molar-refractivity contribution >= 4 is 74.7 Å². The second-order valence-electron chi connectivity index (χ2n) is 12.8. The van der Waals surface area contributed by atoms with Crippen LogP contribution in [0.3, 0.4) is 0 Å². The summed E-state index contributed by atoms with van der Waals surface area (Å²) in [6, 6.07) is 0. The summed E-state index contributed by atoms with van der Waals surface area (Å²) in [5, 5.41) is 7.57. The maximum atomic E-state index is 8.00. The van der Waals surface area contributed by atoms with E-state index in [1.54, 1.807) is 6.92 Å². The van der Waals surface area contributed by atoms with E-state index in [9.17, 15) is 0 Å². The van der Waals surface area contributed by atoms with Gasteiger partial charge in [0, 0.05) is 6.61 Å². The van der Waals surface area contributed by atoms with Gasteiger partial charge in [0.15, 0.2) is 0 Å². The van der Waals surface area contributed by atoms with Crippen LogP contribution < -0.4 is 65.2 Å². The molecule has 0 spiro atoms. The zero-order valence-electron chi connectivity index (χ0n) is 60.0. The molecule has 0 saturated carbocycles. The summed E-state index contributed by atoms with van der Waals surface area (Å²) in [6.07, 6.45) is 6.53. The zero-order chi connectivity index (χ0) is 69.3. The highest BCUT2D eigenvalue weighted by Gasteiger charge is 1.82. The molecule has 23 nitrogen and oxygen atoms in total. The molecule has 0 saturated heterocycles. The van der Waals surface area contributed by atoms with Gasteiger partial charge in [-0.2, -0.15) is 0 Å². The van der Waals surface area contributed by atoms with Crippen molar-refractivity contribution in [2.75, 3.05) is 48.9 Å². The van der Waals surface area contributed by atoms with Crippen LogP contribution in [-0.4, -0.2) is 129 Å². The third-order valence-electron chi connectivity index (χ3n) is 4.08. The third kappa shape index (κ3) is 11300. The molecule has 0 bridgehead atoms. The standard InChI is InChI=1S/5C5H12.2C4H10.C2H6O.2C2H6.6CH5N.11CH2O.CH4.5H3N/c5*1-4-5(2)3;2*1-4(2)3;1-2-3;19*1-2;;;;;;/h5*5H,4H2,1-3H3;2*4H,1-3H3;3H,2H2,1H3;2*1-2H3;6*2H2,1H3;11*1H2;1H4;5*1H3. The summed E-state index contributed by atoms with van der Waals surface area (Å²) in [4.78, 5) is 88.0. The quantitative estimate of drug-likeness (QED) is 0.122. The first-order valence-corrected chi connectivity index (χ1v) is 24.5. The van der Waals surface area contributed by atoms with Crippen LogP contribution in [0.2, 0.25) is 0 Å². The van der Waals surface area contributed by atoms with E-state index < -0.39 is 0 Å². The van der Waals surface area contributed by atoms with Gasteiger partial charge in [-0.25, -0.2) is 0 Å². The van der Waals surface area contributed by atoms with Gasteiger partial charge in [-0.3, -0.25) is 0 Å². The molecular formula is C57H169N11O12. The lowest BCUT2D eigenvalue weighted by molar-refractivity contribution is -0.0987. The fraction of sp³-hybridized carbons (Fsp3) is 0.807. The summed E-state index contributed by atoms with van der Waals surface area (Å²) in [6.45, 7) is 78.1. The molecular weight excluding hydrogens is 1030 g/mol. The van der Waals surface area contributed by atoms with E-state index in [-0.39, 0.29) is 44.8 Å². The van der Waals surface area contributed by atoms with Crippen molar-refractivity contribution in [2.24, 2.45) is 75.8 Å². The fourth-order valence-electron chi connectivity index (χ4n) is 0.